The normalized spacial score (nSPS) is 12.9. The van der Waals surface area contributed by atoms with Crippen molar-refractivity contribution >= 4 is 11.6 Å². The molecule has 2 heterocycles. The van der Waals surface area contributed by atoms with Gasteiger partial charge in [0.1, 0.15) is 24.7 Å². The van der Waals surface area contributed by atoms with Crippen LogP contribution in [0.5, 0.6) is 17.2 Å². The Bertz CT molecular complexity index is 910. The Morgan fingerprint density at radius 2 is 1.96 bits per heavy atom. The molecular weight excluding hydrogens is 342 g/mol. The number of hydrogen-bond acceptors (Lipinski definition) is 5. The first kappa shape index (κ1) is 15.8. The lowest BCUT2D eigenvalue weighted by Gasteiger charge is -2.19. The molecule has 1 aliphatic rings. The monoisotopic (exact) mass is 357 g/mol. The fourth-order valence-corrected chi connectivity index (χ4v) is 2.99. The third-order valence-electron chi connectivity index (χ3n) is 3.98. The molecule has 4 rings (SSSR count). The molecule has 0 saturated heterocycles. The van der Waals surface area contributed by atoms with Gasteiger partial charge in [0.15, 0.2) is 11.5 Å². The molecule has 0 aliphatic carbocycles. The number of rotatable bonds is 4. The van der Waals surface area contributed by atoms with Crippen LogP contribution < -0.4 is 14.2 Å². The molecule has 0 amide bonds. The van der Waals surface area contributed by atoms with Crippen molar-refractivity contribution in [3.8, 4) is 34.2 Å². The Morgan fingerprint density at radius 1 is 1.12 bits per heavy atom. The zero-order valence-corrected chi connectivity index (χ0v) is 14.4. The van der Waals surface area contributed by atoms with Crippen LogP contribution in [0, 0.1) is 0 Å². The first-order valence-corrected chi connectivity index (χ1v) is 8.38. The fourth-order valence-electron chi connectivity index (χ4n) is 2.81. The number of aromatic nitrogens is 3. The van der Waals surface area contributed by atoms with Gasteiger partial charge in [0.05, 0.1) is 24.4 Å². The average Bonchev–Trinajstić information content (AvgIpc) is 3.11. The lowest BCUT2D eigenvalue weighted by molar-refractivity contribution is 0.171. The van der Waals surface area contributed by atoms with E-state index in [9.17, 15) is 0 Å². The molecule has 6 nitrogen and oxygen atoms in total. The van der Waals surface area contributed by atoms with Crippen molar-refractivity contribution < 1.29 is 14.2 Å². The van der Waals surface area contributed by atoms with Gasteiger partial charge in [0.25, 0.3) is 0 Å². The zero-order chi connectivity index (χ0) is 17.2. The number of ether oxygens (including phenoxy) is 3. The lowest BCUT2D eigenvalue weighted by Crippen LogP contribution is -2.15. The standard InChI is InChI=1S/C18H16ClN3O3/c1-23-14-4-2-3-12(9-14)18-15(11-19)20-21-22(18)13-5-6-16-17(10-13)25-8-7-24-16/h2-6,9-10H,7-8,11H2,1H3. The topological polar surface area (TPSA) is 58.4 Å². The summed E-state index contributed by atoms with van der Waals surface area (Å²) in [5, 5.41) is 8.51. The summed E-state index contributed by atoms with van der Waals surface area (Å²) >= 11 is 6.08. The van der Waals surface area contributed by atoms with E-state index >= 15 is 0 Å². The van der Waals surface area contributed by atoms with E-state index < -0.39 is 0 Å². The van der Waals surface area contributed by atoms with Gasteiger partial charge in [0.2, 0.25) is 0 Å². The highest BCUT2D eigenvalue weighted by Gasteiger charge is 2.19. The summed E-state index contributed by atoms with van der Waals surface area (Å²) in [4.78, 5) is 0. The molecule has 0 bridgehead atoms. The largest absolute Gasteiger partial charge is 0.497 e. The van der Waals surface area contributed by atoms with E-state index in [1.807, 2.05) is 42.5 Å². The number of benzene rings is 2. The molecule has 0 fully saturated rings. The second-order valence-electron chi connectivity index (χ2n) is 5.49. The molecule has 1 aromatic heterocycles. The van der Waals surface area contributed by atoms with Crippen LogP contribution in [-0.4, -0.2) is 35.3 Å². The van der Waals surface area contributed by atoms with Crippen LogP contribution in [0.4, 0.5) is 0 Å². The van der Waals surface area contributed by atoms with Crippen LogP contribution >= 0.6 is 11.6 Å². The second-order valence-corrected chi connectivity index (χ2v) is 5.76. The Morgan fingerprint density at radius 3 is 2.76 bits per heavy atom. The highest BCUT2D eigenvalue weighted by molar-refractivity contribution is 6.17. The molecule has 0 saturated carbocycles. The summed E-state index contributed by atoms with van der Waals surface area (Å²) in [7, 11) is 1.64. The quantitative estimate of drug-likeness (QED) is 0.669. The molecule has 0 N–H and O–H groups in total. The Balaban J connectivity index is 1.84. The van der Waals surface area contributed by atoms with Crippen molar-refractivity contribution in [2.45, 2.75) is 5.88 Å². The Labute approximate surface area is 149 Å². The van der Waals surface area contributed by atoms with Crippen molar-refractivity contribution in [2.24, 2.45) is 0 Å². The fraction of sp³-hybridized carbons (Fsp3) is 0.222. The van der Waals surface area contributed by atoms with E-state index in [0.29, 0.717) is 24.7 Å². The van der Waals surface area contributed by atoms with Gasteiger partial charge in [-0.25, -0.2) is 4.68 Å². The minimum atomic E-state index is 0.261. The van der Waals surface area contributed by atoms with Gasteiger partial charge in [-0.2, -0.15) is 0 Å². The molecule has 0 unspecified atom stereocenters. The summed E-state index contributed by atoms with van der Waals surface area (Å²) < 4.78 is 18.3. The lowest BCUT2D eigenvalue weighted by atomic mass is 10.1. The van der Waals surface area contributed by atoms with Crippen LogP contribution in [0.1, 0.15) is 5.69 Å². The van der Waals surface area contributed by atoms with E-state index in [4.69, 9.17) is 25.8 Å². The third-order valence-corrected chi connectivity index (χ3v) is 4.23. The van der Waals surface area contributed by atoms with Gasteiger partial charge in [-0.05, 0) is 24.3 Å². The molecule has 7 heteroatoms. The predicted octanol–water partition coefficient (Wildman–Crippen LogP) is 3.45. The summed E-state index contributed by atoms with van der Waals surface area (Å²) in [6.45, 7) is 1.09. The summed E-state index contributed by atoms with van der Waals surface area (Å²) in [5.74, 6) is 2.45. The number of alkyl halides is 1. The number of methoxy groups -OCH3 is 1. The predicted molar refractivity (Wildman–Crippen MR) is 93.9 cm³/mol. The van der Waals surface area contributed by atoms with Crippen molar-refractivity contribution in [1.82, 2.24) is 15.0 Å². The van der Waals surface area contributed by atoms with Crippen LogP contribution in [0.3, 0.4) is 0 Å². The van der Waals surface area contributed by atoms with Crippen molar-refractivity contribution in [3.63, 3.8) is 0 Å². The van der Waals surface area contributed by atoms with Gasteiger partial charge in [-0.3, -0.25) is 0 Å². The number of hydrogen-bond donors (Lipinski definition) is 0. The molecule has 0 spiro atoms. The summed E-state index contributed by atoms with van der Waals surface area (Å²) in [6.07, 6.45) is 0. The number of fused-ring (bicyclic) bond motifs is 1. The highest BCUT2D eigenvalue weighted by Crippen LogP contribution is 2.34. The maximum atomic E-state index is 6.08. The van der Waals surface area contributed by atoms with E-state index in [1.54, 1.807) is 11.8 Å². The first-order valence-electron chi connectivity index (χ1n) is 7.85. The van der Waals surface area contributed by atoms with Crippen LogP contribution in [-0.2, 0) is 5.88 Å². The molecule has 3 aromatic rings. The van der Waals surface area contributed by atoms with E-state index in [-0.39, 0.29) is 5.88 Å². The minimum Gasteiger partial charge on any atom is -0.497 e. The SMILES string of the molecule is COc1cccc(-c2c(CCl)nnn2-c2ccc3c(c2)OCCO3)c1. The van der Waals surface area contributed by atoms with Gasteiger partial charge >= 0.3 is 0 Å². The summed E-state index contributed by atoms with van der Waals surface area (Å²) in [5.41, 5.74) is 3.27. The van der Waals surface area contributed by atoms with Crippen molar-refractivity contribution in [1.29, 1.82) is 0 Å². The van der Waals surface area contributed by atoms with Crippen LogP contribution in [0.25, 0.3) is 16.9 Å². The van der Waals surface area contributed by atoms with Gasteiger partial charge in [-0.1, -0.05) is 17.3 Å². The molecule has 1 aliphatic heterocycles. The zero-order valence-electron chi connectivity index (χ0n) is 13.6. The summed E-state index contributed by atoms with van der Waals surface area (Å²) in [6, 6.07) is 13.4. The second kappa shape index (κ2) is 6.64. The Hall–Kier alpha value is -2.73. The molecule has 2 aromatic carbocycles. The first-order chi connectivity index (χ1) is 12.3. The van der Waals surface area contributed by atoms with Gasteiger partial charge in [-0.15, -0.1) is 16.7 Å². The smallest absolute Gasteiger partial charge is 0.163 e. The maximum absolute atomic E-state index is 6.08. The number of nitrogens with zero attached hydrogens (tertiary/aromatic N) is 3. The highest BCUT2D eigenvalue weighted by atomic mass is 35.5. The van der Waals surface area contributed by atoms with E-state index in [0.717, 1.165) is 28.4 Å². The Kier molecular flexibility index (Phi) is 4.19. The minimum absolute atomic E-state index is 0.261. The maximum Gasteiger partial charge on any atom is 0.163 e. The number of halogens is 1. The van der Waals surface area contributed by atoms with Gasteiger partial charge in [0, 0.05) is 11.6 Å². The van der Waals surface area contributed by atoms with Gasteiger partial charge < -0.3 is 14.2 Å². The average molecular weight is 358 g/mol. The molecule has 25 heavy (non-hydrogen) atoms. The van der Waals surface area contributed by atoms with E-state index in [2.05, 4.69) is 10.3 Å². The molecule has 0 radical (unpaired) electrons. The third kappa shape index (κ3) is 2.89. The van der Waals surface area contributed by atoms with Crippen LogP contribution in [0.2, 0.25) is 0 Å². The van der Waals surface area contributed by atoms with Crippen molar-refractivity contribution in [3.05, 3.63) is 48.2 Å². The van der Waals surface area contributed by atoms with E-state index in [1.165, 1.54) is 0 Å². The molecule has 128 valence electrons. The van der Waals surface area contributed by atoms with Crippen LogP contribution in [0.15, 0.2) is 42.5 Å². The molecule has 0 atom stereocenters. The molecular formula is C18H16ClN3O3. The van der Waals surface area contributed by atoms with Crippen molar-refractivity contribution in [2.75, 3.05) is 20.3 Å².